The second-order valence-electron chi connectivity index (χ2n) is 5.49. The van der Waals surface area contributed by atoms with E-state index in [1.54, 1.807) is 6.07 Å². The highest BCUT2D eigenvalue weighted by molar-refractivity contribution is 5.93. The number of para-hydroxylation sites is 1. The predicted molar refractivity (Wildman–Crippen MR) is 96.3 cm³/mol. The van der Waals surface area contributed by atoms with Gasteiger partial charge in [-0.05, 0) is 34.5 Å². The van der Waals surface area contributed by atoms with E-state index in [0.29, 0.717) is 5.52 Å². The Morgan fingerprint density at radius 1 is 0.696 bits per heavy atom. The number of nitrogens with zero attached hydrogens (tertiary/aromatic N) is 1. The van der Waals surface area contributed by atoms with Crippen LogP contribution >= 0.6 is 0 Å². The normalized spacial score (nSPS) is 11.5. The van der Waals surface area contributed by atoms with E-state index in [0.717, 1.165) is 16.6 Å². The van der Waals surface area contributed by atoms with E-state index in [4.69, 9.17) is 0 Å². The van der Waals surface area contributed by atoms with Crippen LogP contribution in [0, 0.1) is 0 Å². The number of benzene rings is 3. The first-order valence-corrected chi connectivity index (χ1v) is 7.56. The minimum Gasteiger partial charge on any atom is -0.506 e. The first-order chi connectivity index (χ1) is 11.3. The van der Waals surface area contributed by atoms with Crippen molar-refractivity contribution in [2.45, 2.75) is 0 Å². The van der Waals surface area contributed by atoms with Crippen LogP contribution in [0.1, 0.15) is 11.3 Å². The fourth-order valence-corrected chi connectivity index (χ4v) is 2.81. The zero-order chi connectivity index (χ0) is 15.6. The topological polar surface area (TPSA) is 33.1 Å². The molecule has 1 aromatic heterocycles. The molecular weight excluding hydrogens is 282 g/mol. The lowest BCUT2D eigenvalue weighted by Crippen LogP contribution is -1.84. The molecule has 0 saturated heterocycles. The lowest BCUT2D eigenvalue weighted by atomic mass is 10.0. The van der Waals surface area contributed by atoms with E-state index < -0.39 is 0 Å². The average Bonchev–Trinajstić information content (AvgIpc) is 2.60. The van der Waals surface area contributed by atoms with Crippen LogP contribution in [-0.4, -0.2) is 10.1 Å². The molecule has 0 saturated carbocycles. The fraction of sp³-hybridized carbons (Fsp3) is 0. The van der Waals surface area contributed by atoms with Crippen molar-refractivity contribution in [1.82, 2.24) is 4.98 Å². The van der Waals surface area contributed by atoms with Gasteiger partial charge in [0.15, 0.2) is 0 Å². The van der Waals surface area contributed by atoms with Crippen molar-refractivity contribution in [3.63, 3.8) is 0 Å². The summed E-state index contributed by atoms with van der Waals surface area (Å²) in [5.41, 5.74) is 2.61. The number of fused-ring (bicyclic) bond motifs is 2. The molecule has 0 aliphatic carbocycles. The lowest BCUT2D eigenvalue weighted by Gasteiger charge is -2.03. The van der Waals surface area contributed by atoms with Crippen LogP contribution in [0.25, 0.3) is 33.8 Å². The van der Waals surface area contributed by atoms with Crippen molar-refractivity contribution in [3.8, 4) is 5.75 Å². The molecule has 0 spiro atoms. The average molecular weight is 297 g/mol. The molecule has 3 aromatic carbocycles. The molecule has 0 amide bonds. The Morgan fingerprint density at radius 2 is 1.48 bits per heavy atom. The van der Waals surface area contributed by atoms with E-state index in [1.807, 2.05) is 42.5 Å². The Labute approximate surface area is 134 Å². The number of hydrogen-bond acceptors (Lipinski definition) is 2. The maximum atomic E-state index is 9.94. The second-order valence-corrected chi connectivity index (χ2v) is 5.49. The summed E-state index contributed by atoms with van der Waals surface area (Å²) in [7, 11) is 0. The summed E-state index contributed by atoms with van der Waals surface area (Å²) in [6.45, 7) is 0. The van der Waals surface area contributed by atoms with Crippen LogP contribution in [0.2, 0.25) is 0 Å². The van der Waals surface area contributed by atoms with Crippen molar-refractivity contribution < 1.29 is 5.11 Å². The van der Waals surface area contributed by atoms with Crippen LogP contribution in [0.15, 0.2) is 72.8 Å². The van der Waals surface area contributed by atoms with Gasteiger partial charge in [0.2, 0.25) is 0 Å². The molecule has 4 aromatic rings. The smallest absolute Gasteiger partial charge is 0.141 e. The van der Waals surface area contributed by atoms with Crippen molar-refractivity contribution >= 4 is 33.8 Å². The van der Waals surface area contributed by atoms with Crippen LogP contribution in [0.5, 0.6) is 5.75 Å². The largest absolute Gasteiger partial charge is 0.506 e. The summed E-state index contributed by atoms with van der Waals surface area (Å²) >= 11 is 0. The van der Waals surface area contributed by atoms with E-state index in [2.05, 4.69) is 41.4 Å². The van der Waals surface area contributed by atoms with Gasteiger partial charge in [-0.1, -0.05) is 66.7 Å². The molecule has 110 valence electrons. The minimum absolute atomic E-state index is 0.211. The highest BCUT2D eigenvalue weighted by Gasteiger charge is 2.01. The molecular formula is C21H15NO. The predicted octanol–water partition coefficient (Wildman–Crippen LogP) is 5.26. The fourth-order valence-electron chi connectivity index (χ4n) is 2.81. The number of hydrogen-bond donors (Lipinski definition) is 1. The van der Waals surface area contributed by atoms with Crippen molar-refractivity contribution in [3.05, 3.63) is 84.1 Å². The molecule has 23 heavy (non-hydrogen) atoms. The van der Waals surface area contributed by atoms with Gasteiger partial charge in [-0.25, -0.2) is 4.98 Å². The van der Waals surface area contributed by atoms with Crippen LogP contribution in [0.4, 0.5) is 0 Å². The standard InChI is InChI=1S/C21H15NO/c23-20-10-4-8-17-12-14-18(22-21(17)20)13-11-16-7-3-6-15-5-1-2-9-19(15)16/h1-14,23H/b13-11+. The third-order valence-corrected chi connectivity index (χ3v) is 3.98. The number of pyridine rings is 1. The van der Waals surface area contributed by atoms with Crippen molar-refractivity contribution in [1.29, 1.82) is 0 Å². The summed E-state index contributed by atoms with van der Waals surface area (Å²) in [6.07, 6.45) is 4.05. The van der Waals surface area contributed by atoms with Gasteiger partial charge in [0.1, 0.15) is 11.3 Å². The highest BCUT2D eigenvalue weighted by atomic mass is 16.3. The Kier molecular flexibility index (Phi) is 3.28. The van der Waals surface area contributed by atoms with E-state index in [1.165, 1.54) is 10.8 Å². The Hall–Kier alpha value is -3.13. The van der Waals surface area contributed by atoms with Gasteiger partial charge in [0.05, 0.1) is 5.69 Å². The molecule has 1 heterocycles. The molecule has 2 heteroatoms. The molecule has 1 N–H and O–H groups in total. The number of aromatic hydroxyl groups is 1. The quantitative estimate of drug-likeness (QED) is 0.547. The van der Waals surface area contributed by atoms with E-state index in [9.17, 15) is 5.11 Å². The summed E-state index contributed by atoms with van der Waals surface area (Å²) in [5.74, 6) is 0.211. The van der Waals surface area contributed by atoms with Gasteiger partial charge in [0.25, 0.3) is 0 Å². The molecule has 4 rings (SSSR count). The van der Waals surface area contributed by atoms with Gasteiger partial charge in [-0.3, -0.25) is 0 Å². The third kappa shape index (κ3) is 2.55. The second kappa shape index (κ2) is 5.58. The Bertz CT molecular complexity index is 1030. The first kappa shape index (κ1) is 13.5. The Balaban J connectivity index is 1.77. The van der Waals surface area contributed by atoms with Crippen LogP contribution < -0.4 is 0 Å². The summed E-state index contributed by atoms with van der Waals surface area (Å²) in [6, 6.07) is 24.0. The maximum absolute atomic E-state index is 9.94. The number of aromatic nitrogens is 1. The third-order valence-electron chi connectivity index (χ3n) is 3.98. The minimum atomic E-state index is 0.211. The zero-order valence-corrected chi connectivity index (χ0v) is 12.5. The summed E-state index contributed by atoms with van der Waals surface area (Å²) < 4.78 is 0. The van der Waals surface area contributed by atoms with Gasteiger partial charge >= 0.3 is 0 Å². The molecule has 0 unspecified atom stereocenters. The van der Waals surface area contributed by atoms with Gasteiger partial charge in [-0.15, -0.1) is 0 Å². The zero-order valence-electron chi connectivity index (χ0n) is 12.5. The van der Waals surface area contributed by atoms with Gasteiger partial charge in [-0.2, -0.15) is 0 Å². The van der Waals surface area contributed by atoms with Gasteiger partial charge < -0.3 is 5.11 Å². The van der Waals surface area contributed by atoms with Crippen molar-refractivity contribution in [2.75, 3.05) is 0 Å². The van der Waals surface area contributed by atoms with Crippen LogP contribution in [-0.2, 0) is 0 Å². The molecule has 0 atom stereocenters. The van der Waals surface area contributed by atoms with Crippen LogP contribution in [0.3, 0.4) is 0 Å². The van der Waals surface area contributed by atoms with Gasteiger partial charge in [0, 0.05) is 5.39 Å². The number of phenolic OH excluding ortho intramolecular Hbond substituents is 1. The molecule has 0 radical (unpaired) electrons. The first-order valence-electron chi connectivity index (χ1n) is 7.56. The molecule has 2 nitrogen and oxygen atoms in total. The number of rotatable bonds is 2. The SMILES string of the molecule is Oc1cccc2ccc(/C=C/c3cccc4ccccc34)nc12. The lowest BCUT2D eigenvalue weighted by molar-refractivity contribution is 0.480. The maximum Gasteiger partial charge on any atom is 0.141 e. The molecule has 0 bridgehead atoms. The Morgan fingerprint density at radius 3 is 2.43 bits per heavy atom. The molecule has 0 fully saturated rings. The van der Waals surface area contributed by atoms with E-state index >= 15 is 0 Å². The summed E-state index contributed by atoms with van der Waals surface area (Å²) in [5, 5.41) is 13.3. The monoisotopic (exact) mass is 297 g/mol. The van der Waals surface area contributed by atoms with E-state index in [-0.39, 0.29) is 5.75 Å². The molecule has 0 aliphatic rings. The van der Waals surface area contributed by atoms with Crippen molar-refractivity contribution in [2.24, 2.45) is 0 Å². The number of phenols is 1. The summed E-state index contributed by atoms with van der Waals surface area (Å²) in [4.78, 5) is 4.53. The highest BCUT2D eigenvalue weighted by Crippen LogP contribution is 2.24. The molecule has 0 aliphatic heterocycles.